The molecular weight excluding hydrogens is 244 g/mol. The van der Waals surface area contributed by atoms with E-state index < -0.39 is 17.6 Å². The number of thioether (sulfide) groups is 1. The van der Waals surface area contributed by atoms with E-state index in [1.165, 1.54) is 11.8 Å². The third-order valence-corrected chi connectivity index (χ3v) is 4.30. The summed E-state index contributed by atoms with van der Waals surface area (Å²) in [6, 6.07) is -0.579. The molecule has 2 heterocycles. The molecule has 7 heteroatoms. The van der Waals surface area contributed by atoms with Crippen LogP contribution in [0.3, 0.4) is 0 Å². The molecule has 0 bridgehead atoms. The van der Waals surface area contributed by atoms with Crippen molar-refractivity contribution in [3.63, 3.8) is 0 Å². The van der Waals surface area contributed by atoms with Crippen molar-refractivity contribution in [2.24, 2.45) is 0 Å². The number of hydrogen-bond acceptors (Lipinski definition) is 4. The zero-order valence-electron chi connectivity index (χ0n) is 9.19. The van der Waals surface area contributed by atoms with Gasteiger partial charge in [0.15, 0.2) is 0 Å². The SMILES string of the molecule is O=C1CCC(C(=O)NC2(C(=O)O)CCSC2)N1. The molecular formula is C10H14N2O4S. The van der Waals surface area contributed by atoms with Crippen molar-refractivity contribution in [1.82, 2.24) is 10.6 Å². The fourth-order valence-electron chi connectivity index (χ4n) is 2.02. The Morgan fingerprint density at radius 3 is 2.76 bits per heavy atom. The van der Waals surface area contributed by atoms with Crippen LogP contribution in [0, 0.1) is 0 Å². The molecule has 2 atom stereocenters. The number of carboxylic acids is 1. The predicted molar refractivity (Wildman–Crippen MR) is 61.6 cm³/mol. The van der Waals surface area contributed by atoms with E-state index in [0.717, 1.165) is 5.75 Å². The molecule has 2 fully saturated rings. The molecule has 2 saturated heterocycles. The van der Waals surface area contributed by atoms with E-state index in [1.54, 1.807) is 0 Å². The normalized spacial score (nSPS) is 32.2. The maximum Gasteiger partial charge on any atom is 0.330 e. The Balaban J connectivity index is 2.01. The highest BCUT2D eigenvalue weighted by Crippen LogP contribution is 2.28. The number of carboxylic acid groups (broad SMARTS) is 1. The van der Waals surface area contributed by atoms with Crippen molar-refractivity contribution in [3.05, 3.63) is 0 Å². The highest BCUT2D eigenvalue weighted by Gasteiger charge is 2.44. The Morgan fingerprint density at radius 2 is 2.29 bits per heavy atom. The van der Waals surface area contributed by atoms with E-state index in [2.05, 4.69) is 10.6 Å². The number of nitrogens with one attached hydrogen (secondary N) is 2. The van der Waals surface area contributed by atoms with E-state index in [-0.39, 0.29) is 11.8 Å². The lowest BCUT2D eigenvalue weighted by Crippen LogP contribution is -2.58. The second-order valence-electron chi connectivity index (χ2n) is 4.34. The number of carbonyl (C=O) groups excluding carboxylic acids is 2. The van der Waals surface area contributed by atoms with Gasteiger partial charge in [-0.3, -0.25) is 9.59 Å². The molecule has 0 spiro atoms. The van der Waals surface area contributed by atoms with Gasteiger partial charge in [0.1, 0.15) is 11.6 Å². The van der Waals surface area contributed by atoms with Gasteiger partial charge in [0.05, 0.1) is 0 Å². The maximum atomic E-state index is 11.9. The molecule has 6 nitrogen and oxygen atoms in total. The van der Waals surface area contributed by atoms with Crippen LogP contribution < -0.4 is 10.6 Å². The van der Waals surface area contributed by atoms with E-state index in [4.69, 9.17) is 0 Å². The summed E-state index contributed by atoms with van der Waals surface area (Å²) in [4.78, 5) is 34.1. The summed E-state index contributed by atoms with van der Waals surface area (Å²) in [5, 5.41) is 14.3. The first kappa shape index (κ1) is 12.2. The van der Waals surface area contributed by atoms with Crippen LogP contribution in [0.1, 0.15) is 19.3 Å². The third-order valence-electron chi connectivity index (χ3n) is 3.11. The standard InChI is InChI=1S/C10H14N2O4S/c13-7-2-1-6(11-7)8(14)12-10(9(15)16)3-4-17-5-10/h6H,1-5H2,(H,11,13)(H,12,14)(H,15,16). The molecule has 2 aliphatic heterocycles. The molecule has 0 saturated carbocycles. The summed E-state index contributed by atoms with van der Waals surface area (Å²) >= 11 is 1.51. The van der Waals surface area contributed by atoms with Crippen LogP contribution in [-0.4, -0.2) is 46.0 Å². The lowest BCUT2D eigenvalue weighted by Gasteiger charge is -2.26. The van der Waals surface area contributed by atoms with Crippen LogP contribution in [0.5, 0.6) is 0 Å². The maximum absolute atomic E-state index is 11.9. The Labute approximate surface area is 103 Å². The summed E-state index contributed by atoms with van der Waals surface area (Å²) < 4.78 is 0. The Kier molecular flexibility index (Phi) is 3.28. The molecule has 94 valence electrons. The molecule has 2 amide bonds. The minimum absolute atomic E-state index is 0.157. The number of rotatable bonds is 3. The Hall–Kier alpha value is -1.24. The first-order chi connectivity index (χ1) is 8.03. The summed E-state index contributed by atoms with van der Waals surface area (Å²) in [7, 11) is 0. The minimum atomic E-state index is -1.16. The summed E-state index contributed by atoms with van der Waals surface area (Å²) in [6.45, 7) is 0. The molecule has 17 heavy (non-hydrogen) atoms. The summed E-state index contributed by atoms with van der Waals surface area (Å²) in [5.41, 5.74) is -1.16. The lowest BCUT2D eigenvalue weighted by molar-refractivity contribution is -0.146. The van der Waals surface area contributed by atoms with Gasteiger partial charge in [-0.15, -0.1) is 0 Å². The lowest BCUT2D eigenvalue weighted by atomic mass is 9.98. The topological polar surface area (TPSA) is 95.5 Å². The van der Waals surface area contributed by atoms with Gasteiger partial charge in [0, 0.05) is 12.2 Å². The largest absolute Gasteiger partial charge is 0.479 e. The van der Waals surface area contributed by atoms with Crippen LogP contribution in [-0.2, 0) is 14.4 Å². The third kappa shape index (κ3) is 2.38. The smallest absolute Gasteiger partial charge is 0.330 e. The van der Waals surface area contributed by atoms with Crippen molar-refractivity contribution in [3.8, 4) is 0 Å². The van der Waals surface area contributed by atoms with Gasteiger partial charge in [0.25, 0.3) is 0 Å². The highest BCUT2D eigenvalue weighted by molar-refractivity contribution is 7.99. The van der Waals surface area contributed by atoms with Gasteiger partial charge in [-0.2, -0.15) is 11.8 Å². The number of amides is 2. The van der Waals surface area contributed by atoms with Gasteiger partial charge in [-0.25, -0.2) is 4.79 Å². The van der Waals surface area contributed by atoms with E-state index >= 15 is 0 Å². The van der Waals surface area contributed by atoms with Crippen LogP contribution in [0.4, 0.5) is 0 Å². The number of carbonyl (C=O) groups is 3. The number of hydrogen-bond donors (Lipinski definition) is 3. The van der Waals surface area contributed by atoms with Gasteiger partial charge >= 0.3 is 5.97 Å². The van der Waals surface area contributed by atoms with E-state index in [9.17, 15) is 19.5 Å². The van der Waals surface area contributed by atoms with E-state index in [0.29, 0.717) is 25.0 Å². The fraction of sp³-hybridized carbons (Fsp3) is 0.700. The monoisotopic (exact) mass is 258 g/mol. The fourth-order valence-corrected chi connectivity index (χ4v) is 3.34. The highest BCUT2D eigenvalue weighted by atomic mass is 32.2. The van der Waals surface area contributed by atoms with E-state index in [1.807, 2.05) is 0 Å². The second-order valence-corrected chi connectivity index (χ2v) is 5.44. The molecule has 2 rings (SSSR count). The molecule has 0 aromatic carbocycles. The zero-order valence-corrected chi connectivity index (χ0v) is 10.0. The zero-order chi connectivity index (χ0) is 12.5. The minimum Gasteiger partial charge on any atom is -0.479 e. The Bertz CT molecular complexity index is 365. The van der Waals surface area contributed by atoms with Crippen molar-refractivity contribution in [2.75, 3.05) is 11.5 Å². The first-order valence-electron chi connectivity index (χ1n) is 5.46. The molecule has 3 N–H and O–H groups in total. The van der Waals surface area contributed by atoms with Crippen LogP contribution in [0.25, 0.3) is 0 Å². The van der Waals surface area contributed by atoms with Crippen molar-refractivity contribution >= 4 is 29.5 Å². The molecule has 0 aromatic rings. The second kappa shape index (κ2) is 4.56. The van der Waals surface area contributed by atoms with Gasteiger partial charge in [-0.1, -0.05) is 0 Å². The quantitative estimate of drug-likeness (QED) is 0.624. The van der Waals surface area contributed by atoms with Crippen molar-refractivity contribution in [2.45, 2.75) is 30.8 Å². The van der Waals surface area contributed by atoms with Crippen LogP contribution in [0.2, 0.25) is 0 Å². The predicted octanol–water partition coefficient (Wildman–Crippen LogP) is -0.658. The molecule has 0 radical (unpaired) electrons. The van der Waals surface area contributed by atoms with Gasteiger partial charge in [-0.05, 0) is 18.6 Å². The van der Waals surface area contributed by atoms with Gasteiger partial charge in [0.2, 0.25) is 11.8 Å². The molecule has 2 unspecified atom stereocenters. The average Bonchev–Trinajstić information content (AvgIpc) is 2.87. The van der Waals surface area contributed by atoms with Crippen LogP contribution >= 0.6 is 11.8 Å². The molecule has 0 aliphatic carbocycles. The average molecular weight is 258 g/mol. The van der Waals surface area contributed by atoms with Crippen molar-refractivity contribution < 1.29 is 19.5 Å². The van der Waals surface area contributed by atoms with Crippen molar-refractivity contribution in [1.29, 1.82) is 0 Å². The summed E-state index contributed by atoms with van der Waals surface area (Å²) in [6.07, 6.45) is 1.19. The molecule has 2 aliphatic rings. The number of aliphatic carboxylic acids is 1. The van der Waals surface area contributed by atoms with Crippen LogP contribution in [0.15, 0.2) is 0 Å². The first-order valence-corrected chi connectivity index (χ1v) is 6.61. The molecule has 0 aromatic heterocycles. The summed E-state index contributed by atoms with van der Waals surface area (Å²) in [5.74, 6) is -0.436. The van der Waals surface area contributed by atoms with Gasteiger partial charge < -0.3 is 15.7 Å². The Morgan fingerprint density at radius 1 is 1.53 bits per heavy atom.